The Morgan fingerprint density at radius 1 is 1.19 bits per heavy atom. The predicted octanol–water partition coefficient (Wildman–Crippen LogP) is 3.55. The third-order valence-corrected chi connectivity index (χ3v) is 7.11. The Hall–Kier alpha value is -3.44. The topological polar surface area (TPSA) is 104 Å². The first-order valence-electron chi connectivity index (χ1n) is 11.7. The Bertz CT molecular complexity index is 1190. The average Bonchev–Trinajstić information content (AvgIpc) is 3.23. The third kappa shape index (κ3) is 6.21. The highest BCUT2D eigenvalue weighted by Crippen LogP contribution is 2.30. The van der Waals surface area contributed by atoms with Crippen LogP contribution in [0.15, 0.2) is 42.7 Å². The number of rotatable bonds is 9. The van der Waals surface area contributed by atoms with E-state index in [-0.39, 0.29) is 22.6 Å². The van der Waals surface area contributed by atoms with E-state index in [2.05, 4.69) is 20.2 Å². The van der Waals surface area contributed by atoms with Gasteiger partial charge in [-0.15, -0.1) is 0 Å². The molecule has 0 aliphatic carbocycles. The van der Waals surface area contributed by atoms with Gasteiger partial charge in [0, 0.05) is 51.0 Å². The lowest BCUT2D eigenvalue weighted by atomic mass is 10.0. The van der Waals surface area contributed by atoms with Crippen molar-refractivity contribution < 1.29 is 18.4 Å². The molecule has 0 saturated carbocycles. The lowest BCUT2D eigenvalue weighted by Gasteiger charge is -2.32. The molecule has 1 saturated heterocycles. The van der Waals surface area contributed by atoms with Crippen LogP contribution in [0.2, 0.25) is 0 Å². The zero-order chi connectivity index (χ0) is 25.7. The fraction of sp³-hybridized carbons (Fsp3) is 0.360. The summed E-state index contributed by atoms with van der Waals surface area (Å²) in [6.45, 7) is 2.60. The highest BCUT2D eigenvalue weighted by Gasteiger charge is 2.27. The minimum absolute atomic E-state index is 0.00971. The summed E-state index contributed by atoms with van der Waals surface area (Å²) >= 11 is 0.972. The van der Waals surface area contributed by atoms with Crippen molar-refractivity contribution in [2.45, 2.75) is 31.8 Å². The first kappa shape index (κ1) is 25.6. The number of anilines is 2. The number of thiazole rings is 1. The van der Waals surface area contributed by atoms with Crippen LogP contribution in [0.5, 0.6) is 0 Å². The van der Waals surface area contributed by atoms with Gasteiger partial charge in [0.15, 0.2) is 5.13 Å². The van der Waals surface area contributed by atoms with E-state index in [0.29, 0.717) is 44.0 Å². The van der Waals surface area contributed by atoms with Crippen LogP contribution in [0.3, 0.4) is 0 Å². The van der Waals surface area contributed by atoms with Crippen molar-refractivity contribution in [1.82, 2.24) is 19.8 Å². The molecule has 1 fully saturated rings. The fourth-order valence-corrected chi connectivity index (χ4v) is 5.07. The molecule has 1 amide bonds. The largest absolute Gasteiger partial charge is 0.382 e. The maximum Gasteiger partial charge on any atom is 0.223 e. The molecule has 0 bridgehead atoms. The van der Waals surface area contributed by atoms with Crippen molar-refractivity contribution in [3.8, 4) is 0 Å². The van der Waals surface area contributed by atoms with Gasteiger partial charge in [0.2, 0.25) is 11.7 Å². The molecule has 1 aromatic carbocycles. The molecule has 8 nitrogen and oxygen atoms in total. The van der Waals surface area contributed by atoms with E-state index >= 15 is 0 Å². The molecule has 11 heteroatoms. The normalized spacial score (nSPS) is 14.3. The number of likely N-dealkylation sites (tertiary alicyclic amines) is 1. The number of pyridine rings is 1. The molecule has 3 N–H and O–H groups in total. The smallest absolute Gasteiger partial charge is 0.223 e. The molecule has 3 heterocycles. The van der Waals surface area contributed by atoms with Crippen molar-refractivity contribution in [2.24, 2.45) is 0 Å². The van der Waals surface area contributed by atoms with Crippen LogP contribution in [0.1, 0.15) is 40.1 Å². The van der Waals surface area contributed by atoms with Crippen LogP contribution in [0.4, 0.5) is 19.7 Å². The molecule has 3 aromatic rings. The van der Waals surface area contributed by atoms with E-state index < -0.39 is 23.0 Å². The van der Waals surface area contributed by atoms with Gasteiger partial charge in [0.1, 0.15) is 22.3 Å². The Morgan fingerprint density at radius 2 is 1.92 bits per heavy atom. The summed E-state index contributed by atoms with van der Waals surface area (Å²) in [7, 11) is 1.98. The van der Waals surface area contributed by atoms with E-state index in [9.17, 15) is 18.4 Å². The highest BCUT2D eigenvalue weighted by atomic mass is 32.1. The number of nitrogens with zero attached hydrogens (tertiary/aromatic N) is 4. The molecular formula is C25H28F2N6O2S. The Morgan fingerprint density at radius 3 is 2.58 bits per heavy atom. The van der Waals surface area contributed by atoms with Crippen LogP contribution in [0, 0.1) is 11.6 Å². The van der Waals surface area contributed by atoms with E-state index in [1.807, 2.05) is 30.3 Å². The first-order valence-corrected chi connectivity index (χ1v) is 12.5. The molecule has 1 aliphatic heterocycles. The van der Waals surface area contributed by atoms with Crippen LogP contribution in [0.25, 0.3) is 0 Å². The molecule has 4 rings (SSSR count). The molecule has 0 radical (unpaired) electrons. The van der Waals surface area contributed by atoms with Crippen LogP contribution >= 0.6 is 11.3 Å². The fourth-order valence-electron chi connectivity index (χ4n) is 4.16. The quantitative estimate of drug-likeness (QED) is 0.421. The van der Waals surface area contributed by atoms with Crippen molar-refractivity contribution in [3.05, 3.63) is 70.4 Å². The number of nitrogen functional groups attached to an aromatic ring is 1. The summed E-state index contributed by atoms with van der Waals surface area (Å²) in [5.41, 5.74) is 6.35. The lowest BCUT2D eigenvalue weighted by Crippen LogP contribution is -2.43. The molecule has 0 atom stereocenters. The van der Waals surface area contributed by atoms with Crippen LogP contribution < -0.4 is 11.1 Å². The second-order valence-electron chi connectivity index (χ2n) is 8.81. The van der Waals surface area contributed by atoms with Gasteiger partial charge in [-0.2, -0.15) is 0 Å². The second kappa shape index (κ2) is 11.5. The summed E-state index contributed by atoms with van der Waals surface area (Å²) < 4.78 is 28.1. The monoisotopic (exact) mass is 514 g/mol. The van der Waals surface area contributed by atoms with Crippen molar-refractivity contribution >= 4 is 34.0 Å². The van der Waals surface area contributed by atoms with Gasteiger partial charge in [-0.1, -0.05) is 23.5 Å². The number of carbonyl (C=O) groups is 2. The SMILES string of the molecule is CN(CCC(=O)N1CCC(Nc2nc(N)c(C(=O)c3c(F)cccc3F)s2)CC1)Cc1cccnc1. The third-order valence-electron chi connectivity index (χ3n) is 6.11. The number of amides is 1. The molecular weight excluding hydrogens is 486 g/mol. The molecule has 2 aromatic heterocycles. The van der Waals surface area contributed by atoms with E-state index in [1.165, 1.54) is 6.07 Å². The Kier molecular flexibility index (Phi) is 8.21. The number of nitrogens with two attached hydrogens (primary N) is 1. The number of aromatic nitrogens is 2. The van der Waals surface area contributed by atoms with Crippen LogP contribution in [-0.4, -0.2) is 64.2 Å². The lowest BCUT2D eigenvalue weighted by molar-refractivity contribution is -0.132. The Labute approximate surface area is 212 Å². The van der Waals surface area contributed by atoms with Crippen LogP contribution in [-0.2, 0) is 11.3 Å². The van der Waals surface area contributed by atoms with Gasteiger partial charge in [-0.25, -0.2) is 13.8 Å². The van der Waals surface area contributed by atoms with Gasteiger partial charge in [0.25, 0.3) is 0 Å². The summed E-state index contributed by atoms with van der Waals surface area (Å²) in [4.78, 5) is 37.6. The van der Waals surface area contributed by atoms with Crippen molar-refractivity contribution in [3.63, 3.8) is 0 Å². The summed E-state index contributed by atoms with van der Waals surface area (Å²) in [5, 5.41) is 3.66. The van der Waals surface area contributed by atoms with Gasteiger partial charge < -0.3 is 20.9 Å². The number of hydrogen-bond donors (Lipinski definition) is 2. The number of nitrogens with one attached hydrogen (secondary N) is 1. The molecule has 36 heavy (non-hydrogen) atoms. The minimum atomic E-state index is -0.942. The second-order valence-corrected chi connectivity index (χ2v) is 9.81. The summed E-state index contributed by atoms with van der Waals surface area (Å²) in [6.07, 6.45) is 5.42. The summed E-state index contributed by atoms with van der Waals surface area (Å²) in [5.74, 6) is -2.67. The van der Waals surface area contributed by atoms with E-state index in [4.69, 9.17) is 5.73 Å². The number of halogens is 2. The molecule has 0 spiro atoms. The number of carbonyl (C=O) groups excluding carboxylic acids is 2. The molecule has 1 aliphatic rings. The van der Waals surface area contributed by atoms with Gasteiger partial charge in [-0.05, 0) is 43.7 Å². The number of benzene rings is 1. The van der Waals surface area contributed by atoms with E-state index in [1.54, 1.807) is 6.20 Å². The summed E-state index contributed by atoms with van der Waals surface area (Å²) in [6, 6.07) is 7.20. The molecule has 0 unspecified atom stereocenters. The van der Waals surface area contributed by atoms with E-state index in [0.717, 1.165) is 35.6 Å². The molecule has 190 valence electrons. The predicted molar refractivity (Wildman–Crippen MR) is 135 cm³/mol. The first-order chi connectivity index (χ1) is 17.3. The number of ketones is 1. The van der Waals surface area contributed by atoms with Crippen molar-refractivity contribution in [1.29, 1.82) is 0 Å². The standard InChI is InChI=1S/C25H28F2N6O2S/c1-32(15-16-4-3-10-29-14-16)11-9-20(34)33-12-7-17(8-13-33)30-25-31-24(28)23(36-25)22(35)21-18(26)5-2-6-19(21)27/h2-6,10,14,17H,7-9,11-13,15,28H2,1H3,(H,30,31). The van der Waals surface area contributed by atoms with Crippen molar-refractivity contribution in [2.75, 3.05) is 37.7 Å². The minimum Gasteiger partial charge on any atom is -0.382 e. The zero-order valence-corrected chi connectivity index (χ0v) is 20.7. The van der Waals surface area contributed by atoms with Gasteiger partial charge in [-0.3, -0.25) is 14.6 Å². The maximum absolute atomic E-state index is 14.0. The highest BCUT2D eigenvalue weighted by molar-refractivity contribution is 7.18. The number of piperidine rings is 1. The Balaban J connectivity index is 1.26. The van der Waals surface area contributed by atoms with Gasteiger partial charge >= 0.3 is 0 Å². The zero-order valence-electron chi connectivity index (χ0n) is 19.9. The maximum atomic E-state index is 14.0. The average molecular weight is 515 g/mol. The number of hydrogen-bond acceptors (Lipinski definition) is 8. The van der Waals surface area contributed by atoms with Gasteiger partial charge in [0.05, 0.1) is 5.56 Å².